The van der Waals surface area contributed by atoms with Gasteiger partial charge in [-0.05, 0) is 49.8 Å². The summed E-state index contributed by atoms with van der Waals surface area (Å²) in [7, 11) is 1.54. The largest absolute Gasteiger partial charge is 0.368 e. The minimum absolute atomic E-state index is 0.0257. The Hall–Kier alpha value is -2.64. The summed E-state index contributed by atoms with van der Waals surface area (Å²) in [6.45, 7) is 4.30. The first kappa shape index (κ1) is 21.1. The molecule has 0 bridgehead atoms. The van der Waals surface area contributed by atoms with E-state index in [2.05, 4.69) is 15.5 Å². The van der Waals surface area contributed by atoms with Crippen LogP contribution in [0.4, 0.5) is 10.1 Å². The van der Waals surface area contributed by atoms with E-state index in [0.717, 1.165) is 24.1 Å². The number of aryl methyl sites for hydroxylation is 1. The highest BCUT2D eigenvalue weighted by atomic mass is 19.1. The van der Waals surface area contributed by atoms with E-state index < -0.39 is 5.54 Å². The van der Waals surface area contributed by atoms with Gasteiger partial charge < -0.3 is 20.4 Å². The van der Waals surface area contributed by atoms with E-state index in [-0.39, 0.29) is 36.4 Å². The molecule has 2 fully saturated rings. The highest BCUT2D eigenvalue weighted by Crippen LogP contribution is 2.42. The first-order valence-corrected chi connectivity index (χ1v) is 10.1. The van der Waals surface area contributed by atoms with Gasteiger partial charge >= 0.3 is 0 Å². The van der Waals surface area contributed by atoms with Crippen molar-refractivity contribution in [1.29, 1.82) is 0 Å². The quantitative estimate of drug-likeness (QED) is 0.638. The van der Waals surface area contributed by atoms with Crippen LogP contribution >= 0.6 is 0 Å². The molecule has 1 aromatic rings. The van der Waals surface area contributed by atoms with E-state index >= 15 is 0 Å². The van der Waals surface area contributed by atoms with Crippen molar-refractivity contribution >= 4 is 23.9 Å². The maximum Gasteiger partial charge on any atom is 0.245 e. The van der Waals surface area contributed by atoms with Crippen LogP contribution < -0.4 is 15.5 Å². The molecule has 1 saturated carbocycles. The summed E-state index contributed by atoms with van der Waals surface area (Å²) >= 11 is 0. The van der Waals surface area contributed by atoms with Crippen LogP contribution in [0.15, 0.2) is 18.2 Å². The van der Waals surface area contributed by atoms with Gasteiger partial charge in [0.2, 0.25) is 18.2 Å². The van der Waals surface area contributed by atoms with Crippen LogP contribution in [-0.2, 0) is 14.4 Å². The molecule has 158 valence electrons. The molecular weight excluding hydrogens is 375 g/mol. The number of hydrogen-bond donors (Lipinski definition) is 2. The molecule has 1 aliphatic heterocycles. The molecule has 3 amide bonds. The van der Waals surface area contributed by atoms with Gasteiger partial charge in [0, 0.05) is 45.3 Å². The summed E-state index contributed by atoms with van der Waals surface area (Å²) in [6, 6.07) is 4.74. The molecule has 1 saturated heterocycles. The van der Waals surface area contributed by atoms with Crippen molar-refractivity contribution in [2.45, 2.75) is 38.1 Å². The highest BCUT2D eigenvalue weighted by Gasteiger charge is 2.50. The van der Waals surface area contributed by atoms with Crippen LogP contribution in [0.5, 0.6) is 0 Å². The fraction of sp³-hybridized carbons (Fsp3) is 0.571. The number of benzene rings is 1. The van der Waals surface area contributed by atoms with Crippen molar-refractivity contribution in [2.24, 2.45) is 5.92 Å². The van der Waals surface area contributed by atoms with Crippen molar-refractivity contribution in [3.05, 3.63) is 29.6 Å². The van der Waals surface area contributed by atoms with E-state index in [4.69, 9.17) is 0 Å². The van der Waals surface area contributed by atoms with Crippen molar-refractivity contribution in [3.63, 3.8) is 0 Å². The van der Waals surface area contributed by atoms with Crippen LogP contribution in [0.1, 0.15) is 31.2 Å². The summed E-state index contributed by atoms with van der Waals surface area (Å²) in [4.78, 5) is 40.2. The highest BCUT2D eigenvalue weighted by molar-refractivity contribution is 5.89. The Labute approximate surface area is 170 Å². The zero-order valence-corrected chi connectivity index (χ0v) is 17.0. The van der Waals surface area contributed by atoms with Crippen LogP contribution in [0.25, 0.3) is 0 Å². The molecule has 7 nitrogen and oxygen atoms in total. The lowest BCUT2D eigenvalue weighted by molar-refractivity contribution is -0.135. The molecule has 0 radical (unpaired) electrons. The van der Waals surface area contributed by atoms with Gasteiger partial charge in [-0.25, -0.2) is 4.39 Å². The van der Waals surface area contributed by atoms with Crippen molar-refractivity contribution in [1.82, 2.24) is 15.5 Å². The smallest absolute Gasteiger partial charge is 0.245 e. The third kappa shape index (κ3) is 4.52. The van der Waals surface area contributed by atoms with Crippen LogP contribution in [-0.4, -0.2) is 61.9 Å². The molecule has 3 rings (SSSR count). The van der Waals surface area contributed by atoms with Gasteiger partial charge in [-0.3, -0.25) is 14.4 Å². The van der Waals surface area contributed by atoms with Crippen molar-refractivity contribution in [3.8, 4) is 0 Å². The number of halogens is 1. The molecule has 1 unspecified atom stereocenters. The normalized spacial score (nSPS) is 18.7. The lowest BCUT2D eigenvalue weighted by atomic mass is 9.86. The van der Waals surface area contributed by atoms with Crippen LogP contribution in [0.3, 0.4) is 0 Å². The fourth-order valence-corrected chi connectivity index (χ4v) is 4.25. The summed E-state index contributed by atoms with van der Waals surface area (Å²) < 4.78 is 13.6. The maximum atomic E-state index is 13.6. The second-order valence-electron chi connectivity index (χ2n) is 7.89. The second-order valence-corrected chi connectivity index (χ2v) is 7.89. The number of piperazine rings is 1. The average molecular weight is 404 g/mol. The third-order valence-electron chi connectivity index (χ3n) is 6.10. The Bertz CT molecular complexity index is 775. The molecule has 0 spiro atoms. The Morgan fingerprint density at radius 2 is 1.93 bits per heavy atom. The first-order chi connectivity index (χ1) is 13.9. The molecule has 2 N–H and O–H groups in total. The lowest BCUT2D eigenvalue weighted by Crippen LogP contribution is -2.58. The molecule has 1 atom stereocenters. The monoisotopic (exact) mass is 404 g/mol. The minimum Gasteiger partial charge on any atom is -0.368 e. The lowest BCUT2D eigenvalue weighted by Gasteiger charge is -2.37. The number of hydrogen-bond acceptors (Lipinski definition) is 4. The van der Waals surface area contributed by atoms with E-state index in [1.165, 1.54) is 12.1 Å². The Kier molecular flexibility index (Phi) is 6.39. The van der Waals surface area contributed by atoms with Gasteiger partial charge in [0.05, 0.1) is 0 Å². The number of likely N-dealkylation sites (N-methyl/N-ethyl adjacent to an activating group) is 1. The minimum atomic E-state index is -1.01. The Morgan fingerprint density at radius 3 is 2.52 bits per heavy atom. The summed E-state index contributed by atoms with van der Waals surface area (Å²) in [5.74, 6) is -0.459. The molecule has 29 heavy (non-hydrogen) atoms. The number of amides is 3. The Balaban J connectivity index is 1.58. The molecular formula is C21H29FN4O3. The van der Waals surface area contributed by atoms with Crippen LogP contribution in [0, 0.1) is 18.7 Å². The number of rotatable bonds is 8. The molecule has 1 aromatic carbocycles. The van der Waals surface area contributed by atoms with Crippen molar-refractivity contribution < 1.29 is 18.8 Å². The third-order valence-corrected chi connectivity index (χ3v) is 6.10. The molecule has 8 heteroatoms. The number of anilines is 1. The second kappa shape index (κ2) is 8.80. The number of nitrogens with zero attached hydrogens (tertiary/aromatic N) is 2. The van der Waals surface area contributed by atoms with Crippen molar-refractivity contribution in [2.75, 3.05) is 38.1 Å². The van der Waals surface area contributed by atoms with E-state index in [9.17, 15) is 18.8 Å². The van der Waals surface area contributed by atoms with Gasteiger partial charge in [0.1, 0.15) is 11.4 Å². The number of carbonyl (C=O) groups excluding carboxylic acids is 3. The van der Waals surface area contributed by atoms with Crippen LogP contribution in [0.2, 0.25) is 0 Å². The number of carbonyl (C=O) groups is 3. The predicted octanol–water partition coefficient (Wildman–Crippen LogP) is 1.20. The van der Waals surface area contributed by atoms with Gasteiger partial charge in [-0.15, -0.1) is 0 Å². The first-order valence-electron chi connectivity index (χ1n) is 10.1. The standard InChI is InChI=1S/C21H29FN4O3/c1-15-3-6-17(22)13-18(15)25-9-11-26(12-10-25)19(28)7-8-21(24-14-27,16-4-5-16)20(29)23-2/h3,6,13-14,16H,4-5,7-12H2,1-2H3,(H,23,29)(H,24,27). The van der Waals surface area contributed by atoms with Gasteiger partial charge in [0.25, 0.3) is 0 Å². The Morgan fingerprint density at radius 1 is 1.24 bits per heavy atom. The number of nitrogens with one attached hydrogen (secondary N) is 2. The summed E-state index contributed by atoms with van der Waals surface area (Å²) in [6.07, 6.45) is 2.78. The topological polar surface area (TPSA) is 81.8 Å². The van der Waals surface area contributed by atoms with E-state index in [0.29, 0.717) is 32.6 Å². The molecule has 1 heterocycles. The maximum absolute atomic E-state index is 13.6. The van der Waals surface area contributed by atoms with Gasteiger partial charge in [0.15, 0.2) is 0 Å². The summed E-state index contributed by atoms with van der Waals surface area (Å²) in [5, 5.41) is 5.33. The molecule has 1 aliphatic carbocycles. The average Bonchev–Trinajstić information content (AvgIpc) is 3.58. The van der Waals surface area contributed by atoms with E-state index in [1.807, 2.05) is 6.92 Å². The zero-order valence-electron chi connectivity index (χ0n) is 17.0. The molecule has 2 aliphatic rings. The predicted molar refractivity (Wildman–Crippen MR) is 108 cm³/mol. The SMILES string of the molecule is CNC(=O)C(CCC(=O)N1CCN(c2cc(F)ccc2C)CC1)(NC=O)C1CC1. The van der Waals surface area contributed by atoms with E-state index in [1.54, 1.807) is 18.0 Å². The summed E-state index contributed by atoms with van der Waals surface area (Å²) in [5.41, 5.74) is 0.859. The fourth-order valence-electron chi connectivity index (χ4n) is 4.25. The zero-order chi connectivity index (χ0) is 21.0. The van der Waals surface area contributed by atoms with Gasteiger partial charge in [-0.2, -0.15) is 0 Å². The van der Waals surface area contributed by atoms with Gasteiger partial charge in [-0.1, -0.05) is 6.07 Å². The molecule has 0 aromatic heterocycles.